The maximum atomic E-state index is 12.6. The monoisotopic (exact) mass is 671 g/mol. The minimum Gasteiger partial charge on any atom is -0.475 e. The number of hydrogen-bond acceptors (Lipinski definition) is 7. The van der Waals surface area contributed by atoms with Crippen LogP contribution in [0.2, 0.25) is 0 Å². The summed E-state index contributed by atoms with van der Waals surface area (Å²) in [6, 6.07) is 22.9. The Balaban J connectivity index is 0.000000360. The minimum atomic E-state index is -5.08. The fourth-order valence-corrected chi connectivity index (χ4v) is 4.45. The van der Waals surface area contributed by atoms with E-state index in [1.54, 1.807) is 18.2 Å². The molecule has 0 radical (unpaired) electrons. The predicted molar refractivity (Wildman–Crippen MR) is 156 cm³/mol. The number of carboxylic acids is 2. The van der Waals surface area contributed by atoms with Crippen molar-refractivity contribution in [2.45, 2.75) is 38.4 Å². The highest BCUT2D eigenvalue weighted by Gasteiger charge is 2.38. The zero-order chi connectivity index (χ0) is 34.8. The third-order valence-corrected chi connectivity index (χ3v) is 6.62. The Labute approximate surface area is 264 Å². The molecule has 0 unspecified atom stereocenters. The molecule has 10 nitrogen and oxygen atoms in total. The topological polar surface area (TPSA) is 137 Å². The van der Waals surface area contributed by atoms with E-state index in [1.807, 2.05) is 12.1 Å². The van der Waals surface area contributed by atoms with Crippen molar-refractivity contribution in [1.29, 1.82) is 0 Å². The van der Waals surface area contributed by atoms with Crippen LogP contribution in [0.25, 0.3) is 11.1 Å². The van der Waals surface area contributed by atoms with Crippen molar-refractivity contribution in [3.8, 4) is 22.6 Å². The number of nitrogens with one attached hydrogen (secondary N) is 2. The first-order valence-electron chi connectivity index (χ1n) is 13.9. The molecule has 1 saturated heterocycles. The largest absolute Gasteiger partial charge is 0.490 e. The number of ether oxygens (including phenoxy) is 2. The maximum Gasteiger partial charge on any atom is 0.490 e. The zero-order valence-corrected chi connectivity index (χ0v) is 24.8. The van der Waals surface area contributed by atoms with Crippen LogP contribution < -0.4 is 20.1 Å². The molecule has 0 saturated carbocycles. The number of benzene rings is 3. The fraction of sp³-hybridized carbons (Fsp3) is 0.323. The Morgan fingerprint density at radius 1 is 0.851 bits per heavy atom. The molecule has 3 aromatic rings. The molecule has 0 bridgehead atoms. The highest BCUT2D eigenvalue weighted by molar-refractivity contribution is 5.94. The van der Waals surface area contributed by atoms with Gasteiger partial charge in [0.25, 0.3) is 5.91 Å². The Hall–Kier alpha value is -4.83. The Morgan fingerprint density at radius 3 is 1.98 bits per heavy atom. The summed E-state index contributed by atoms with van der Waals surface area (Å²) in [5, 5.41) is 20.8. The molecule has 5 rings (SSSR count). The minimum absolute atomic E-state index is 0.133. The van der Waals surface area contributed by atoms with Crippen LogP contribution in [0.4, 0.5) is 26.3 Å². The predicted octanol–water partition coefficient (Wildman–Crippen LogP) is 5.07. The van der Waals surface area contributed by atoms with Crippen molar-refractivity contribution in [3.05, 3.63) is 83.4 Å². The second-order valence-electron chi connectivity index (χ2n) is 10.3. The molecular formula is C31H31F6N3O7. The Bertz CT molecular complexity index is 1520. The summed E-state index contributed by atoms with van der Waals surface area (Å²) in [6.07, 6.45) is -10.2. The van der Waals surface area contributed by atoms with Crippen LogP contribution in [-0.2, 0) is 22.7 Å². The number of carboxylic acid groups (broad SMARTS) is 2. The number of rotatable bonds is 6. The van der Waals surface area contributed by atoms with E-state index >= 15 is 0 Å². The lowest BCUT2D eigenvalue weighted by Gasteiger charge is -2.31. The van der Waals surface area contributed by atoms with Crippen LogP contribution in [0.1, 0.15) is 28.4 Å². The standard InChI is InChI=1S/C27H29N3O3.2C2HF3O2/c1-19-16-30(11-10-28-19)17-21-5-3-7-23(13-21)22-6-2-4-20(12-22)15-29-27(31)24-8-9-25-26(14-24)33-18-32-25;2*3-2(4,5)1(6)7/h2-9,12-14,19,28H,10-11,15-18H2,1H3,(H,29,31);2*(H,6,7)/t19-;;/m0../s1. The van der Waals surface area contributed by atoms with Gasteiger partial charge in [-0.25, -0.2) is 9.59 Å². The highest BCUT2D eigenvalue weighted by atomic mass is 19.4. The molecule has 1 amide bonds. The number of halogens is 6. The van der Waals surface area contributed by atoms with Crippen LogP contribution >= 0.6 is 0 Å². The summed E-state index contributed by atoms with van der Waals surface area (Å²) in [7, 11) is 0. The second-order valence-corrected chi connectivity index (χ2v) is 10.3. The third kappa shape index (κ3) is 11.8. The van der Waals surface area contributed by atoms with Crippen molar-refractivity contribution in [3.63, 3.8) is 0 Å². The number of aliphatic carboxylic acids is 2. The number of nitrogens with zero attached hydrogens (tertiary/aromatic N) is 1. The van der Waals surface area contributed by atoms with Gasteiger partial charge in [0, 0.05) is 44.3 Å². The highest BCUT2D eigenvalue weighted by Crippen LogP contribution is 2.32. The van der Waals surface area contributed by atoms with E-state index in [-0.39, 0.29) is 12.7 Å². The smallest absolute Gasteiger partial charge is 0.475 e. The number of amides is 1. The maximum absolute atomic E-state index is 12.6. The quantitative estimate of drug-likeness (QED) is 0.265. The number of alkyl halides is 6. The average Bonchev–Trinajstić information content (AvgIpc) is 3.48. The van der Waals surface area contributed by atoms with Gasteiger partial charge in [-0.1, -0.05) is 36.4 Å². The first kappa shape index (κ1) is 36.6. The first-order valence-corrected chi connectivity index (χ1v) is 13.9. The number of fused-ring (bicyclic) bond motifs is 1. The molecule has 2 aliphatic rings. The molecule has 0 aromatic heterocycles. The summed E-state index contributed by atoms with van der Waals surface area (Å²) in [5.41, 5.74) is 5.29. The normalized spacial score (nSPS) is 15.8. The summed E-state index contributed by atoms with van der Waals surface area (Å²) < 4.78 is 74.2. The average molecular weight is 672 g/mol. The summed E-state index contributed by atoms with van der Waals surface area (Å²) in [5.74, 6) is -4.36. The van der Waals surface area contributed by atoms with Crippen molar-refractivity contribution in [2.75, 3.05) is 26.4 Å². The van der Waals surface area contributed by atoms with Crippen LogP contribution in [-0.4, -0.2) is 77.8 Å². The summed E-state index contributed by atoms with van der Waals surface area (Å²) >= 11 is 0. The van der Waals surface area contributed by atoms with Crippen molar-refractivity contribution < 1.29 is 60.4 Å². The SMILES string of the molecule is C[C@H]1CN(Cc2cccc(-c3cccc(CNC(=O)c4ccc5c(c4)OCO5)c3)c2)CCN1.O=C(O)C(F)(F)F.O=C(O)C(F)(F)F. The van der Waals surface area contributed by atoms with Crippen LogP contribution in [0.15, 0.2) is 66.7 Å². The molecule has 2 heterocycles. The number of carbonyl (C=O) groups is 3. The van der Waals surface area contributed by atoms with Gasteiger partial charge in [0.1, 0.15) is 0 Å². The van der Waals surface area contributed by atoms with Crippen LogP contribution in [0, 0.1) is 0 Å². The van der Waals surface area contributed by atoms with E-state index in [1.165, 1.54) is 11.1 Å². The second kappa shape index (κ2) is 16.1. The molecule has 1 atom stereocenters. The molecule has 3 aromatic carbocycles. The molecule has 47 heavy (non-hydrogen) atoms. The van der Waals surface area contributed by atoms with Gasteiger partial charge in [0.05, 0.1) is 0 Å². The van der Waals surface area contributed by atoms with Gasteiger partial charge in [0.15, 0.2) is 11.5 Å². The van der Waals surface area contributed by atoms with Crippen LogP contribution in [0.3, 0.4) is 0 Å². The molecule has 16 heteroatoms. The van der Waals surface area contributed by atoms with Gasteiger partial charge in [-0.05, 0) is 59.5 Å². The Kier molecular flexibility index (Phi) is 12.6. The van der Waals surface area contributed by atoms with E-state index in [9.17, 15) is 31.1 Å². The summed E-state index contributed by atoms with van der Waals surface area (Å²) in [6.45, 7) is 7.05. The zero-order valence-electron chi connectivity index (χ0n) is 24.8. The van der Waals surface area contributed by atoms with Gasteiger partial charge in [-0.15, -0.1) is 0 Å². The fourth-order valence-electron chi connectivity index (χ4n) is 4.45. The molecule has 4 N–H and O–H groups in total. The van der Waals surface area contributed by atoms with E-state index in [2.05, 4.69) is 58.9 Å². The van der Waals surface area contributed by atoms with Gasteiger partial charge >= 0.3 is 24.3 Å². The lowest BCUT2D eigenvalue weighted by molar-refractivity contribution is -0.193. The third-order valence-electron chi connectivity index (χ3n) is 6.62. The molecular weight excluding hydrogens is 640 g/mol. The lowest BCUT2D eigenvalue weighted by atomic mass is 10.0. The lowest BCUT2D eigenvalue weighted by Crippen LogP contribution is -2.48. The molecule has 254 valence electrons. The van der Waals surface area contributed by atoms with Gasteiger partial charge in [-0.2, -0.15) is 26.3 Å². The molecule has 1 fully saturated rings. The van der Waals surface area contributed by atoms with E-state index in [0.717, 1.165) is 37.3 Å². The van der Waals surface area contributed by atoms with Crippen molar-refractivity contribution in [2.24, 2.45) is 0 Å². The summed E-state index contributed by atoms with van der Waals surface area (Å²) in [4.78, 5) is 32.9. The van der Waals surface area contributed by atoms with Crippen LogP contribution in [0.5, 0.6) is 11.5 Å². The molecule has 2 aliphatic heterocycles. The van der Waals surface area contributed by atoms with Crippen molar-refractivity contribution >= 4 is 17.8 Å². The number of carbonyl (C=O) groups excluding carboxylic acids is 1. The molecule has 0 aliphatic carbocycles. The number of piperazine rings is 1. The van der Waals surface area contributed by atoms with E-state index in [0.29, 0.717) is 29.6 Å². The first-order chi connectivity index (χ1) is 22.0. The van der Waals surface area contributed by atoms with Crippen molar-refractivity contribution in [1.82, 2.24) is 15.5 Å². The van der Waals surface area contributed by atoms with Gasteiger partial charge < -0.3 is 30.3 Å². The van der Waals surface area contributed by atoms with E-state index < -0.39 is 24.3 Å². The Morgan fingerprint density at radius 2 is 1.40 bits per heavy atom. The molecule has 0 spiro atoms. The van der Waals surface area contributed by atoms with Gasteiger partial charge in [-0.3, -0.25) is 9.69 Å². The number of hydrogen-bond donors (Lipinski definition) is 4. The van der Waals surface area contributed by atoms with Gasteiger partial charge in [0.2, 0.25) is 6.79 Å². The van der Waals surface area contributed by atoms with E-state index in [4.69, 9.17) is 29.3 Å².